The predicted molar refractivity (Wildman–Crippen MR) is 51.3 cm³/mol. The predicted octanol–water partition coefficient (Wildman–Crippen LogP) is 2.34. The molecule has 0 radical (unpaired) electrons. The van der Waals surface area contributed by atoms with E-state index in [1.54, 1.807) is 0 Å². The zero-order valence-corrected chi connectivity index (χ0v) is 7.72. The molecule has 1 nitrogen and oxygen atoms in total. The molecule has 0 aliphatic carbocycles. The highest BCUT2D eigenvalue weighted by atomic mass is 15.0. The Morgan fingerprint density at radius 1 is 1.25 bits per heavy atom. The molecule has 12 heavy (non-hydrogen) atoms. The van der Waals surface area contributed by atoms with Crippen molar-refractivity contribution < 1.29 is 0 Å². The molecule has 1 aromatic carbocycles. The fourth-order valence-electron chi connectivity index (χ4n) is 1.55. The Morgan fingerprint density at radius 2 is 2.00 bits per heavy atom. The van der Waals surface area contributed by atoms with Crippen LogP contribution in [0, 0.1) is 13.8 Å². The normalized spacial score (nSPS) is 22.0. The molecular formula is C11H15N. The standard InChI is InChI=1S/C11H15N/c1-8-3-4-10(7-9(8)2)11-5-6-12-11/h3-4,7,11-12H,5-6H2,1-2H3. The van der Waals surface area contributed by atoms with E-state index in [0.717, 1.165) is 0 Å². The maximum absolute atomic E-state index is 3.41. The number of rotatable bonds is 1. The van der Waals surface area contributed by atoms with E-state index in [2.05, 4.69) is 37.4 Å². The van der Waals surface area contributed by atoms with Crippen molar-refractivity contribution in [2.45, 2.75) is 26.3 Å². The molecule has 0 aromatic heterocycles. The first kappa shape index (κ1) is 7.81. The molecule has 0 amide bonds. The SMILES string of the molecule is Cc1ccc(C2CCN2)cc1C. The Labute approximate surface area is 73.8 Å². The second kappa shape index (κ2) is 2.91. The first-order valence-corrected chi connectivity index (χ1v) is 4.58. The van der Waals surface area contributed by atoms with Gasteiger partial charge in [-0.15, -0.1) is 0 Å². The minimum Gasteiger partial charge on any atom is -0.310 e. The molecule has 1 atom stereocenters. The van der Waals surface area contributed by atoms with Gasteiger partial charge in [0.1, 0.15) is 0 Å². The van der Waals surface area contributed by atoms with Gasteiger partial charge < -0.3 is 5.32 Å². The van der Waals surface area contributed by atoms with Crippen molar-refractivity contribution >= 4 is 0 Å². The van der Waals surface area contributed by atoms with E-state index in [-0.39, 0.29) is 0 Å². The van der Waals surface area contributed by atoms with Crippen LogP contribution in [-0.4, -0.2) is 6.54 Å². The quantitative estimate of drug-likeness (QED) is 0.666. The lowest BCUT2D eigenvalue weighted by Crippen LogP contribution is -2.34. The zero-order chi connectivity index (χ0) is 8.55. The Balaban J connectivity index is 2.27. The van der Waals surface area contributed by atoms with Gasteiger partial charge in [-0.3, -0.25) is 0 Å². The molecule has 1 N–H and O–H groups in total. The van der Waals surface area contributed by atoms with Crippen LogP contribution in [0.1, 0.15) is 29.2 Å². The summed E-state index contributed by atoms with van der Waals surface area (Å²) in [7, 11) is 0. The van der Waals surface area contributed by atoms with E-state index in [0.29, 0.717) is 6.04 Å². The number of nitrogens with one attached hydrogen (secondary N) is 1. The largest absolute Gasteiger partial charge is 0.310 e. The van der Waals surface area contributed by atoms with Gasteiger partial charge in [0.05, 0.1) is 0 Å². The molecule has 1 heterocycles. The van der Waals surface area contributed by atoms with Crippen LogP contribution in [0.2, 0.25) is 0 Å². The van der Waals surface area contributed by atoms with Crippen molar-refractivity contribution in [3.05, 3.63) is 34.9 Å². The van der Waals surface area contributed by atoms with Crippen LogP contribution in [0.5, 0.6) is 0 Å². The second-order valence-corrected chi connectivity index (χ2v) is 3.64. The minimum absolute atomic E-state index is 0.629. The Hall–Kier alpha value is -0.820. The highest BCUT2D eigenvalue weighted by molar-refractivity contribution is 5.32. The van der Waals surface area contributed by atoms with Gasteiger partial charge in [-0.2, -0.15) is 0 Å². The molecule has 2 rings (SSSR count). The summed E-state index contributed by atoms with van der Waals surface area (Å²) in [5.74, 6) is 0. The van der Waals surface area contributed by atoms with E-state index >= 15 is 0 Å². The van der Waals surface area contributed by atoms with Gasteiger partial charge in [0.25, 0.3) is 0 Å². The fourth-order valence-corrected chi connectivity index (χ4v) is 1.55. The van der Waals surface area contributed by atoms with Gasteiger partial charge >= 0.3 is 0 Å². The van der Waals surface area contributed by atoms with E-state index < -0.39 is 0 Å². The molecule has 1 aliphatic rings. The second-order valence-electron chi connectivity index (χ2n) is 3.64. The summed E-state index contributed by atoms with van der Waals surface area (Å²) in [6.45, 7) is 5.52. The molecule has 1 fully saturated rings. The van der Waals surface area contributed by atoms with Crippen LogP contribution in [0.25, 0.3) is 0 Å². The topological polar surface area (TPSA) is 12.0 Å². The van der Waals surface area contributed by atoms with Gasteiger partial charge in [0.2, 0.25) is 0 Å². The molecule has 1 aromatic rings. The van der Waals surface area contributed by atoms with Crippen LogP contribution in [0.3, 0.4) is 0 Å². The zero-order valence-electron chi connectivity index (χ0n) is 7.72. The Kier molecular flexibility index (Phi) is 1.89. The van der Waals surface area contributed by atoms with E-state index in [9.17, 15) is 0 Å². The van der Waals surface area contributed by atoms with Crippen molar-refractivity contribution in [1.82, 2.24) is 5.32 Å². The number of aryl methyl sites for hydroxylation is 2. The summed E-state index contributed by atoms with van der Waals surface area (Å²) in [5, 5.41) is 3.41. The van der Waals surface area contributed by atoms with Crippen molar-refractivity contribution in [3.63, 3.8) is 0 Å². The van der Waals surface area contributed by atoms with E-state index in [1.807, 2.05) is 0 Å². The van der Waals surface area contributed by atoms with Crippen molar-refractivity contribution in [1.29, 1.82) is 0 Å². The molecule has 1 aliphatic heterocycles. The minimum atomic E-state index is 0.629. The van der Waals surface area contributed by atoms with Crippen LogP contribution < -0.4 is 5.32 Å². The maximum atomic E-state index is 3.41. The van der Waals surface area contributed by atoms with Crippen molar-refractivity contribution in [3.8, 4) is 0 Å². The lowest BCUT2D eigenvalue weighted by molar-refractivity contribution is 0.383. The van der Waals surface area contributed by atoms with Crippen LogP contribution in [-0.2, 0) is 0 Å². The Morgan fingerprint density at radius 3 is 2.50 bits per heavy atom. The molecule has 64 valence electrons. The molecular weight excluding hydrogens is 146 g/mol. The summed E-state index contributed by atoms with van der Waals surface area (Å²) in [6.07, 6.45) is 1.29. The summed E-state index contributed by atoms with van der Waals surface area (Å²) >= 11 is 0. The molecule has 0 bridgehead atoms. The highest BCUT2D eigenvalue weighted by Gasteiger charge is 2.17. The smallest absolute Gasteiger partial charge is 0.0332 e. The molecule has 0 spiro atoms. The van der Waals surface area contributed by atoms with Gasteiger partial charge in [-0.1, -0.05) is 18.2 Å². The fraction of sp³-hybridized carbons (Fsp3) is 0.455. The van der Waals surface area contributed by atoms with Gasteiger partial charge in [-0.05, 0) is 43.5 Å². The first-order chi connectivity index (χ1) is 5.77. The average molecular weight is 161 g/mol. The van der Waals surface area contributed by atoms with Gasteiger partial charge in [0, 0.05) is 6.04 Å². The summed E-state index contributed by atoms with van der Waals surface area (Å²) in [4.78, 5) is 0. The lowest BCUT2D eigenvalue weighted by atomic mass is 9.95. The van der Waals surface area contributed by atoms with E-state index in [4.69, 9.17) is 0 Å². The summed E-state index contributed by atoms with van der Waals surface area (Å²) in [5.41, 5.74) is 4.24. The molecule has 1 saturated heterocycles. The number of benzene rings is 1. The molecule has 1 heteroatoms. The van der Waals surface area contributed by atoms with Crippen molar-refractivity contribution in [2.24, 2.45) is 0 Å². The van der Waals surface area contributed by atoms with E-state index in [1.165, 1.54) is 29.7 Å². The number of hydrogen-bond donors (Lipinski definition) is 1. The summed E-state index contributed by atoms with van der Waals surface area (Å²) < 4.78 is 0. The maximum Gasteiger partial charge on any atom is 0.0332 e. The third-order valence-electron chi connectivity index (χ3n) is 2.76. The lowest BCUT2D eigenvalue weighted by Gasteiger charge is -2.28. The summed E-state index contributed by atoms with van der Waals surface area (Å²) in [6, 6.07) is 7.38. The molecule has 1 unspecified atom stereocenters. The number of hydrogen-bond acceptors (Lipinski definition) is 1. The third kappa shape index (κ3) is 1.25. The molecule has 0 saturated carbocycles. The van der Waals surface area contributed by atoms with Gasteiger partial charge in [0.15, 0.2) is 0 Å². The van der Waals surface area contributed by atoms with Gasteiger partial charge in [-0.25, -0.2) is 0 Å². The Bertz CT molecular complexity index is 287. The average Bonchev–Trinajstić information content (AvgIpc) is 1.93. The van der Waals surface area contributed by atoms with Crippen LogP contribution >= 0.6 is 0 Å². The highest BCUT2D eigenvalue weighted by Crippen LogP contribution is 2.24. The van der Waals surface area contributed by atoms with Crippen LogP contribution in [0.4, 0.5) is 0 Å². The first-order valence-electron chi connectivity index (χ1n) is 4.58. The monoisotopic (exact) mass is 161 g/mol. The third-order valence-corrected chi connectivity index (χ3v) is 2.76. The van der Waals surface area contributed by atoms with Crippen LogP contribution in [0.15, 0.2) is 18.2 Å². The van der Waals surface area contributed by atoms with Crippen molar-refractivity contribution in [2.75, 3.05) is 6.54 Å².